The van der Waals surface area contributed by atoms with E-state index >= 15 is 0 Å². The van der Waals surface area contributed by atoms with E-state index in [1.165, 1.54) is 5.56 Å². The predicted octanol–water partition coefficient (Wildman–Crippen LogP) is 4.05. The molecular weight excluding hydrogens is 272 g/mol. The van der Waals surface area contributed by atoms with Gasteiger partial charge in [0.2, 0.25) is 0 Å². The second-order valence-electron chi connectivity index (χ2n) is 4.54. The number of aliphatic hydroxyl groups is 1. The Kier molecular flexibility index (Phi) is 3.87. The Hall–Kier alpha value is -0.900. The Morgan fingerprint density at radius 1 is 0.842 bits per heavy atom. The molecule has 1 N–H and O–H groups in total. The maximum Gasteiger partial charge on any atom is 0.116 e. The molecule has 1 aliphatic heterocycles. The summed E-state index contributed by atoms with van der Waals surface area (Å²) < 4.78 is -0.261. The fourth-order valence-electron chi connectivity index (χ4n) is 2.44. The van der Waals surface area contributed by atoms with Gasteiger partial charge in [-0.15, -0.1) is 23.5 Å². The zero-order valence-corrected chi connectivity index (χ0v) is 12.2. The van der Waals surface area contributed by atoms with E-state index in [4.69, 9.17) is 0 Å². The number of hydrogen-bond donors (Lipinski definition) is 1. The van der Waals surface area contributed by atoms with Gasteiger partial charge in [-0.3, -0.25) is 0 Å². The van der Waals surface area contributed by atoms with Crippen molar-refractivity contribution in [3.63, 3.8) is 0 Å². The first-order chi connectivity index (χ1) is 9.33. The van der Waals surface area contributed by atoms with E-state index < -0.39 is 6.10 Å². The topological polar surface area (TPSA) is 20.2 Å². The fourth-order valence-corrected chi connectivity index (χ4v) is 5.74. The minimum Gasteiger partial charge on any atom is -0.386 e. The minimum atomic E-state index is -0.478. The zero-order chi connectivity index (χ0) is 13.1. The van der Waals surface area contributed by atoms with Crippen LogP contribution in [-0.2, 0) is 4.08 Å². The van der Waals surface area contributed by atoms with Gasteiger partial charge < -0.3 is 5.11 Å². The van der Waals surface area contributed by atoms with Crippen LogP contribution in [0.2, 0.25) is 0 Å². The lowest BCUT2D eigenvalue weighted by Crippen LogP contribution is -2.24. The van der Waals surface area contributed by atoms with Crippen LogP contribution >= 0.6 is 23.5 Å². The van der Waals surface area contributed by atoms with Crippen molar-refractivity contribution in [2.75, 3.05) is 11.5 Å². The summed E-state index contributed by atoms with van der Waals surface area (Å²) in [6.45, 7) is 0. The molecule has 1 atom stereocenters. The normalized spacial score (nSPS) is 19.2. The molecular formula is C16H16OS2. The maximum absolute atomic E-state index is 10.9. The van der Waals surface area contributed by atoms with E-state index in [1.54, 1.807) is 0 Å². The Balaban J connectivity index is 2.02. The monoisotopic (exact) mass is 288 g/mol. The smallest absolute Gasteiger partial charge is 0.116 e. The Labute approximate surface area is 122 Å². The van der Waals surface area contributed by atoms with Crippen molar-refractivity contribution in [2.45, 2.75) is 10.2 Å². The van der Waals surface area contributed by atoms with Gasteiger partial charge in [-0.05, 0) is 11.1 Å². The predicted molar refractivity (Wildman–Crippen MR) is 84.4 cm³/mol. The van der Waals surface area contributed by atoms with Gasteiger partial charge in [0.25, 0.3) is 0 Å². The van der Waals surface area contributed by atoms with Gasteiger partial charge in [0, 0.05) is 11.5 Å². The van der Waals surface area contributed by atoms with E-state index in [1.807, 2.05) is 72.1 Å². The van der Waals surface area contributed by atoms with Gasteiger partial charge in [-0.1, -0.05) is 60.7 Å². The summed E-state index contributed by atoms with van der Waals surface area (Å²) in [6.07, 6.45) is -0.478. The zero-order valence-electron chi connectivity index (χ0n) is 10.5. The van der Waals surface area contributed by atoms with E-state index in [0.29, 0.717) is 0 Å². The third-order valence-electron chi connectivity index (χ3n) is 3.37. The molecule has 19 heavy (non-hydrogen) atoms. The minimum absolute atomic E-state index is 0.261. The molecule has 0 bridgehead atoms. The Morgan fingerprint density at radius 3 is 1.95 bits per heavy atom. The van der Waals surface area contributed by atoms with Gasteiger partial charge in [-0.2, -0.15) is 0 Å². The second-order valence-corrected chi connectivity index (χ2v) is 7.48. The average Bonchev–Trinajstić information content (AvgIpc) is 2.99. The van der Waals surface area contributed by atoms with Gasteiger partial charge in [0.1, 0.15) is 10.2 Å². The molecule has 1 fully saturated rings. The summed E-state index contributed by atoms with van der Waals surface area (Å²) in [6, 6.07) is 20.3. The first-order valence-corrected chi connectivity index (χ1v) is 8.36. The van der Waals surface area contributed by atoms with Gasteiger partial charge in [-0.25, -0.2) is 0 Å². The molecule has 2 aromatic carbocycles. The number of rotatable bonds is 3. The molecule has 3 heteroatoms. The van der Waals surface area contributed by atoms with E-state index in [2.05, 4.69) is 12.1 Å². The Morgan fingerprint density at radius 2 is 1.37 bits per heavy atom. The first kappa shape index (κ1) is 13.1. The number of aliphatic hydroxyl groups excluding tert-OH is 1. The molecule has 1 heterocycles. The van der Waals surface area contributed by atoms with Crippen molar-refractivity contribution >= 4 is 23.5 Å². The third-order valence-corrected chi connectivity index (χ3v) is 6.93. The highest BCUT2D eigenvalue weighted by molar-refractivity contribution is 8.20. The van der Waals surface area contributed by atoms with Crippen molar-refractivity contribution < 1.29 is 5.11 Å². The lowest BCUT2D eigenvalue weighted by Gasteiger charge is -2.33. The van der Waals surface area contributed by atoms with E-state index in [9.17, 15) is 5.11 Å². The largest absolute Gasteiger partial charge is 0.386 e. The lowest BCUT2D eigenvalue weighted by molar-refractivity contribution is 0.164. The van der Waals surface area contributed by atoms with Crippen molar-refractivity contribution in [2.24, 2.45) is 0 Å². The molecule has 0 saturated carbocycles. The summed E-state index contributed by atoms with van der Waals surface area (Å²) in [5.74, 6) is 2.17. The van der Waals surface area contributed by atoms with Crippen molar-refractivity contribution in [1.29, 1.82) is 0 Å². The summed E-state index contributed by atoms with van der Waals surface area (Å²) in [5.41, 5.74) is 2.20. The fraction of sp³-hybridized carbons (Fsp3) is 0.250. The van der Waals surface area contributed by atoms with Crippen LogP contribution < -0.4 is 0 Å². The van der Waals surface area contributed by atoms with Crippen LogP contribution in [0.25, 0.3) is 0 Å². The SMILES string of the molecule is OC(c1ccccc1)C1(c2ccccc2)SCCS1. The number of hydrogen-bond acceptors (Lipinski definition) is 3. The van der Waals surface area contributed by atoms with Crippen LogP contribution in [0.4, 0.5) is 0 Å². The molecule has 0 radical (unpaired) electrons. The molecule has 0 aliphatic carbocycles. The standard InChI is InChI=1S/C16H16OS2/c17-15(13-7-3-1-4-8-13)16(18-11-12-19-16)14-9-5-2-6-10-14/h1-10,15,17H,11-12H2. The highest BCUT2D eigenvalue weighted by atomic mass is 32.2. The molecule has 1 nitrogen and oxygen atoms in total. The summed E-state index contributed by atoms with van der Waals surface area (Å²) in [4.78, 5) is 0. The molecule has 1 saturated heterocycles. The van der Waals surface area contributed by atoms with Crippen LogP contribution in [0.1, 0.15) is 17.2 Å². The summed E-state index contributed by atoms with van der Waals surface area (Å²) in [5, 5.41) is 10.9. The van der Waals surface area contributed by atoms with Crippen LogP contribution in [0.15, 0.2) is 60.7 Å². The quantitative estimate of drug-likeness (QED) is 0.920. The molecule has 1 aliphatic rings. The van der Waals surface area contributed by atoms with Crippen LogP contribution in [0.5, 0.6) is 0 Å². The third kappa shape index (κ3) is 2.42. The number of benzene rings is 2. The lowest BCUT2D eigenvalue weighted by atomic mass is 10.0. The summed E-state index contributed by atoms with van der Waals surface area (Å²) >= 11 is 3.72. The molecule has 3 rings (SSSR count). The first-order valence-electron chi connectivity index (χ1n) is 6.39. The van der Waals surface area contributed by atoms with Crippen LogP contribution in [-0.4, -0.2) is 16.6 Å². The van der Waals surface area contributed by atoms with Crippen LogP contribution in [0, 0.1) is 0 Å². The molecule has 0 aromatic heterocycles. The molecule has 2 aromatic rings. The Bertz CT molecular complexity index is 521. The summed E-state index contributed by atoms with van der Waals surface area (Å²) in [7, 11) is 0. The van der Waals surface area contributed by atoms with E-state index in [0.717, 1.165) is 17.1 Å². The van der Waals surface area contributed by atoms with Gasteiger partial charge >= 0.3 is 0 Å². The molecule has 0 amide bonds. The van der Waals surface area contributed by atoms with Crippen molar-refractivity contribution in [3.05, 3.63) is 71.8 Å². The molecule has 1 unspecified atom stereocenters. The highest BCUT2D eigenvalue weighted by Crippen LogP contribution is 2.58. The highest BCUT2D eigenvalue weighted by Gasteiger charge is 2.44. The average molecular weight is 288 g/mol. The van der Waals surface area contributed by atoms with Crippen LogP contribution in [0.3, 0.4) is 0 Å². The second kappa shape index (κ2) is 5.61. The van der Waals surface area contributed by atoms with Gasteiger partial charge in [0.05, 0.1) is 0 Å². The van der Waals surface area contributed by atoms with E-state index in [-0.39, 0.29) is 4.08 Å². The van der Waals surface area contributed by atoms with Gasteiger partial charge in [0.15, 0.2) is 0 Å². The molecule has 0 spiro atoms. The molecule has 98 valence electrons. The maximum atomic E-state index is 10.9. The van der Waals surface area contributed by atoms with Crippen molar-refractivity contribution in [1.82, 2.24) is 0 Å². The van der Waals surface area contributed by atoms with Crippen molar-refractivity contribution in [3.8, 4) is 0 Å². The number of thioether (sulfide) groups is 2.